The van der Waals surface area contributed by atoms with Gasteiger partial charge in [0.15, 0.2) is 0 Å². The Morgan fingerprint density at radius 1 is 0.870 bits per heavy atom. The summed E-state index contributed by atoms with van der Waals surface area (Å²) in [5.41, 5.74) is 2.41. The van der Waals surface area contributed by atoms with Crippen LogP contribution in [-0.4, -0.2) is 7.11 Å². The van der Waals surface area contributed by atoms with Crippen molar-refractivity contribution >= 4 is 0 Å². The van der Waals surface area contributed by atoms with Crippen molar-refractivity contribution in [3.05, 3.63) is 65.7 Å². The predicted molar refractivity (Wildman–Crippen MR) is 95.7 cm³/mol. The molecule has 0 bridgehead atoms. The van der Waals surface area contributed by atoms with E-state index in [9.17, 15) is 0 Å². The number of hydrogen-bond donors (Lipinski definition) is 0. The SMILES string of the molecule is CCC(CC(C)C)c1ccc(OC(OC)c2ccccc2)cc1. The maximum atomic E-state index is 5.98. The smallest absolute Gasteiger partial charge is 0.226 e. The molecule has 0 heterocycles. The second-order valence-electron chi connectivity index (χ2n) is 6.40. The standard InChI is InChI=1S/C21H28O2/c1-5-17(15-16(2)3)18-11-13-20(14-12-18)23-21(22-4)19-9-7-6-8-10-19/h6-14,16-17,21H,5,15H2,1-4H3. The van der Waals surface area contributed by atoms with E-state index in [1.807, 2.05) is 42.5 Å². The molecule has 2 aromatic rings. The van der Waals surface area contributed by atoms with Gasteiger partial charge in [0.2, 0.25) is 6.29 Å². The molecule has 2 nitrogen and oxygen atoms in total. The van der Waals surface area contributed by atoms with Crippen LogP contribution in [0.1, 0.15) is 56.9 Å². The summed E-state index contributed by atoms with van der Waals surface area (Å²) in [5, 5.41) is 0. The summed E-state index contributed by atoms with van der Waals surface area (Å²) >= 11 is 0. The molecule has 2 rings (SSSR count). The van der Waals surface area contributed by atoms with Gasteiger partial charge in [-0.2, -0.15) is 0 Å². The maximum absolute atomic E-state index is 5.98. The highest BCUT2D eigenvalue weighted by atomic mass is 16.7. The van der Waals surface area contributed by atoms with E-state index in [0.29, 0.717) is 11.8 Å². The summed E-state index contributed by atoms with van der Waals surface area (Å²) in [6.45, 7) is 6.82. The van der Waals surface area contributed by atoms with Crippen LogP contribution < -0.4 is 4.74 Å². The number of methoxy groups -OCH3 is 1. The van der Waals surface area contributed by atoms with Crippen LogP contribution in [0.15, 0.2) is 54.6 Å². The zero-order valence-electron chi connectivity index (χ0n) is 14.7. The Labute approximate surface area is 140 Å². The van der Waals surface area contributed by atoms with Gasteiger partial charge in [0.25, 0.3) is 0 Å². The average molecular weight is 312 g/mol. The molecule has 2 atom stereocenters. The third kappa shape index (κ3) is 5.11. The maximum Gasteiger partial charge on any atom is 0.226 e. The second-order valence-corrected chi connectivity index (χ2v) is 6.40. The van der Waals surface area contributed by atoms with Gasteiger partial charge < -0.3 is 9.47 Å². The summed E-state index contributed by atoms with van der Waals surface area (Å²) in [7, 11) is 1.67. The Kier molecular flexibility index (Phi) is 6.66. The van der Waals surface area contributed by atoms with Gasteiger partial charge in [0, 0.05) is 12.7 Å². The van der Waals surface area contributed by atoms with Gasteiger partial charge >= 0.3 is 0 Å². The van der Waals surface area contributed by atoms with Gasteiger partial charge in [-0.1, -0.05) is 63.2 Å². The molecule has 0 N–H and O–H groups in total. The minimum Gasteiger partial charge on any atom is -0.461 e. The Hall–Kier alpha value is -1.80. The molecule has 0 aliphatic heterocycles. The number of rotatable bonds is 8. The Bertz CT molecular complexity index is 560. The van der Waals surface area contributed by atoms with Gasteiger partial charge in [-0.25, -0.2) is 0 Å². The van der Waals surface area contributed by atoms with E-state index in [0.717, 1.165) is 11.3 Å². The van der Waals surface area contributed by atoms with Crippen LogP contribution >= 0.6 is 0 Å². The Morgan fingerprint density at radius 3 is 2.04 bits per heavy atom. The molecule has 0 fully saturated rings. The molecule has 0 saturated carbocycles. The quantitative estimate of drug-likeness (QED) is 0.561. The molecule has 0 aliphatic rings. The van der Waals surface area contributed by atoms with E-state index in [4.69, 9.17) is 9.47 Å². The van der Waals surface area contributed by atoms with Crippen molar-refractivity contribution in [1.82, 2.24) is 0 Å². The fraction of sp³-hybridized carbons (Fsp3) is 0.429. The molecule has 2 aromatic carbocycles. The fourth-order valence-corrected chi connectivity index (χ4v) is 2.91. The molecular formula is C21H28O2. The highest BCUT2D eigenvalue weighted by molar-refractivity contribution is 5.30. The first-order valence-electron chi connectivity index (χ1n) is 8.48. The van der Waals surface area contributed by atoms with Crippen LogP contribution in [0.5, 0.6) is 5.75 Å². The lowest BCUT2D eigenvalue weighted by atomic mass is 9.88. The summed E-state index contributed by atoms with van der Waals surface area (Å²) in [4.78, 5) is 0. The topological polar surface area (TPSA) is 18.5 Å². The normalized spacial score (nSPS) is 13.8. The molecule has 23 heavy (non-hydrogen) atoms. The van der Waals surface area contributed by atoms with Gasteiger partial charge in [0.1, 0.15) is 5.75 Å². The van der Waals surface area contributed by atoms with E-state index in [1.54, 1.807) is 7.11 Å². The van der Waals surface area contributed by atoms with Crippen LogP contribution in [0, 0.1) is 5.92 Å². The molecular weight excluding hydrogens is 284 g/mol. The first kappa shape index (κ1) is 17.6. The first-order valence-corrected chi connectivity index (χ1v) is 8.48. The third-order valence-corrected chi connectivity index (χ3v) is 4.13. The van der Waals surface area contributed by atoms with Crippen LogP contribution in [0.2, 0.25) is 0 Å². The lowest BCUT2D eigenvalue weighted by molar-refractivity contribution is -0.0562. The Balaban J connectivity index is 2.07. The van der Waals surface area contributed by atoms with Crippen molar-refractivity contribution in [2.45, 2.75) is 45.8 Å². The summed E-state index contributed by atoms with van der Waals surface area (Å²) in [6, 6.07) is 18.5. The van der Waals surface area contributed by atoms with Gasteiger partial charge in [-0.3, -0.25) is 0 Å². The summed E-state index contributed by atoms with van der Waals surface area (Å²) < 4.78 is 11.4. The lowest BCUT2D eigenvalue weighted by Gasteiger charge is -2.20. The van der Waals surface area contributed by atoms with Crippen LogP contribution in [0.3, 0.4) is 0 Å². The van der Waals surface area contributed by atoms with Crippen LogP contribution in [0.25, 0.3) is 0 Å². The van der Waals surface area contributed by atoms with E-state index < -0.39 is 0 Å². The van der Waals surface area contributed by atoms with E-state index in [1.165, 1.54) is 18.4 Å². The minimum absolute atomic E-state index is 0.375. The molecule has 2 heteroatoms. The highest BCUT2D eigenvalue weighted by Gasteiger charge is 2.14. The minimum atomic E-state index is -0.375. The lowest BCUT2D eigenvalue weighted by Crippen LogP contribution is -2.09. The monoisotopic (exact) mass is 312 g/mol. The van der Waals surface area contributed by atoms with Crippen molar-refractivity contribution in [2.24, 2.45) is 5.92 Å². The molecule has 0 aliphatic carbocycles. The second kappa shape index (κ2) is 8.73. The van der Waals surface area contributed by atoms with Gasteiger partial charge in [-0.15, -0.1) is 0 Å². The Morgan fingerprint density at radius 2 is 1.52 bits per heavy atom. The average Bonchev–Trinajstić information content (AvgIpc) is 2.59. The van der Waals surface area contributed by atoms with Gasteiger partial charge in [0.05, 0.1) is 0 Å². The zero-order chi connectivity index (χ0) is 16.7. The van der Waals surface area contributed by atoms with Crippen molar-refractivity contribution in [2.75, 3.05) is 7.11 Å². The zero-order valence-corrected chi connectivity index (χ0v) is 14.7. The van der Waals surface area contributed by atoms with E-state index >= 15 is 0 Å². The first-order chi connectivity index (χ1) is 11.1. The largest absolute Gasteiger partial charge is 0.461 e. The van der Waals surface area contributed by atoms with Crippen molar-refractivity contribution in [3.8, 4) is 5.75 Å². The van der Waals surface area contributed by atoms with Crippen molar-refractivity contribution < 1.29 is 9.47 Å². The number of benzene rings is 2. The van der Waals surface area contributed by atoms with Crippen LogP contribution in [-0.2, 0) is 4.74 Å². The number of ether oxygens (including phenoxy) is 2. The predicted octanol–water partition coefficient (Wildman–Crippen LogP) is 5.95. The fourth-order valence-electron chi connectivity index (χ4n) is 2.91. The third-order valence-electron chi connectivity index (χ3n) is 4.13. The number of hydrogen-bond acceptors (Lipinski definition) is 2. The molecule has 0 aromatic heterocycles. The van der Waals surface area contributed by atoms with E-state index in [2.05, 4.69) is 32.9 Å². The molecule has 0 spiro atoms. The van der Waals surface area contributed by atoms with Crippen molar-refractivity contribution in [3.63, 3.8) is 0 Å². The molecule has 0 radical (unpaired) electrons. The van der Waals surface area contributed by atoms with Crippen molar-refractivity contribution in [1.29, 1.82) is 0 Å². The summed E-state index contributed by atoms with van der Waals surface area (Å²) in [5.74, 6) is 2.17. The highest BCUT2D eigenvalue weighted by Crippen LogP contribution is 2.29. The molecule has 2 unspecified atom stereocenters. The molecule has 124 valence electrons. The molecule has 0 amide bonds. The molecule has 0 saturated heterocycles. The summed E-state index contributed by atoms with van der Waals surface area (Å²) in [6.07, 6.45) is 2.02. The van der Waals surface area contributed by atoms with E-state index in [-0.39, 0.29) is 6.29 Å². The van der Waals surface area contributed by atoms with Crippen LogP contribution in [0.4, 0.5) is 0 Å². The van der Waals surface area contributed by atoms with Gasteiger partial charge in [-0.05, 0) is 42.4 Å².